The summed E-state index contributed by atoms with van der Waals surface area (Å²) >= 11 is 0. The summed E-state index contributed by atoms with van der Waals surface area (Å²) < 4.78 is 0. The van der Waals surface area contributed by atoms with E-state index in [1.165, 1.54) is 0 Å². The summed E-state index contributed by atoms with van der Waals surface area (Å²) in [5, 5.41) is 9.11. The van der Waals surface area contributed by atoms with Crippen LogP contribution in [0.5, 0.6) is 0 Å². The predicted molar refractivity (Wildman–Crippen MR) is 14.2 cm³/mol. The molecule has 34 valence electrons. The Hall–Kier alpha value is 0.576. The van der Waals surface area contributed by atoms with Crippen molar-refractivity contribution in [2.75, 3.05) is 0 Å². The molecule has 7 heavy (non-hydrogen) atoms. The van der Waals surface area contributed by atoms with Gasteiger partial charge in [0.25, 0.3) is 5.91 Å². The van der Waals surface area contributed by atoms with Crippen molar-refractivity contribution >= 4 is 11.9 Å². The van der Waals surface area contributed by atoms with Gasteiger partial charge in [0.05, 0.1) is 0 Å². The van der Waals surface area contributed by atoms with Crippen molar-refractivity contribution in [1.82, 2.24) is 0 Å². The molecular weight excluding hydrogens is 125 g/mol. The standard InChI is InChI=1S/C2H3NO3.K/c3-1(4)2(5)6;/h(H2,3,4)(H,5,6);/q;+1/p-1. The number of primary amides is 1. The van der Waals surface area contributed by atoms with Crippen LogP contribution in [0.25, 0.3) is 0 Å². The summed E-state index contributed by atoms with van der Waals surface area (Å²) in [5.74, 6) is -3.29. The third-order valence-electron chi connectivity index (χ3n) is 0.201. The van der Waals surface area contributed by atoms with Crippen LogP contribution in [0.4, 0.5) is 0 Å². The summed E-state index contributed by atoms with van der Waals surface area (Å²) in [4.78, 5) is 18.4. The Labute approximate surface area is 82.5 Å². The Morgan fingerprint density at radius 3 is 1.57 bits per heavy atom. The van der Waals surface area contributed by atoms with E-state index in [0.29, 0.717) is 0 Å². The Bertz CT molecular complexity index is 78.9. The summed E-state index contributed by atoms with van der Waals surface area (Å²) in [6.45, 7) is 0. The summed E-state index contributed by atoms with van der Waals surface area (Å²) in [6, 6.07) is 0. The number of amides is 1. The molecule has 0 aliphatic carbocycles. The van der Waals surface area contributed by atoms with Gasteiger partial charge in [-0.3, -0.25) is 4.79 Å². The summed E-state index contributed by atoms with van der Waals surface area (Å²) in [7, 11) is 0. The van der Waals surface area contributed by atoms with E-state index in [4.69, 9.17) is 9.90 Å². The molecule has 1 amide bonds. The monoisotopic (exact) mass is 127 g/mol. The smallest absolute Gasteiger partial charge is 0.540 e. The molecule has 4 nitrogen and oxygen atoms in total. The van der Waals surface area contributed by atoms with Gasteiger partial charge in [0, 0.05) is 0 Å². The van der Waals surface area contributed by atoms with Crippen molar-refractivity contribution < 1.29 is 66.1 Å². The van der Waals surface area contributed by atoms with Gasteiger partial charge in [0.15, 0.2) is 0 Å². The zero-order chi connectivity index (χ0) is 5.15. The van der Waals surface area contributed by atoms with E-state index in [1.54, 1.807) is 0 Å². The zero-order valence-corrected chi connectivity index (χ0v) is 6.93. The maximum Gasteiger partial charge on any atom is 1.00 e. The third-order valence-corrected chi connectivity index (χ3v) is 0.201. The topological polar surface area (TPSA) is 83.2 Å². The third kappa shape index (κ3) is 6.58. The van der Waals surface area contributed by atoms with Crippen LogP contribution in [0.15, 0.2) is 0 Å². The van der Waals surface area contributed by atoms with Crippen LogP contribution in [0.1, 0.15) is 0 Å². The maximum absolute atomic E-state index is 9.26. The minimum absolute atomic E-state index is 0. The quantitative estimate of drug-likeness (QED) is 0.260. The first-order valence-electron chi connectivity index (χ1n) is 1.15. The summed E-state index contributed by atoms with van der Waals surface area (Å²) in [6.07, 6.45) is 0. The first-order valence-corrected chi connectivity index (χ1v) is 1.15. The number of hydrogen-bond acceptors (Lipinski definition) is 3. The van der Waals surface area contributed by atoms with Crippen molar-refractivity contribution in [3.63, 3.8) is 0 Å². The molecule has 5 heteroatoms. The average Bonchev–Trinajstić information content (AvgIpc) is 1.36. The number of carboxylic acid groups (broad SMARTS) is 1. The van der Waals surface area contributed by atoms with Crippen LogP contribution in [-0.4, -0.2) is 11.9 Å². The number of carbonyl (C=O) groups excluding carboxylic acids is 2. The van der Waals surface area contributed by atoms with Crippen molar-refractivity contribution in [3.8, 4) is 0 Å². The van der Waals surface area contributed by atoms with Gasteiger partial charge in [0.2, 0.25) is 0 Å². The van der Waals surface area contributed by atoms with Gasteiger partial charge in [0.1, 0.15) is 5.97 Å². The van der Waals surface area contributed by atoms with Gasteiger partial charge >= 0.3 is 51.4 Å². The van der Waals surface area contributed by atoms with Gasteiger partial charge in [-0.1, -0.05) is 0 Å². The molecule has 0 unspecified atom stereocenters. The fourth-order valence-corrected chi connectivity index (χ4v) is 0. The molecule has 0 saturated carbocycles. The van der Waals surface area contributed by atoms with Crippen LogP contribution in [0, 0.1) is 0 Å². The molecule has 0 radical (unpaired) electrons. The maximum atomic E-state index is 9.26. The van der Waals surface area contributed by atoms with Crippen molar-refractivity contribution in [1.29, 1.82) is 0 Å². The Morgan fingerprint density at radius 1 is 1.43 bits per heavy atom. The first kappa shape index (κ1) is 10.5. The molecule has 0 spiro atoms. The van der Waals surface area contributed by atoms with E-state index in [9.17, 15) is 4.79 Å². The van der Waals surface area contributed by atoms with Crippen LogP contribution in [0.2, 0.25) is 0 Å². The SMILES string of the molecule is NC(=O)C(=O)[O-].[K+]. The molecule has 0 fully saturated rings. The minimum Gasteiger partial charge on any atom is -0.540 e. The number of carboxylic acids is 1. The zero-order valence-electron chi connectivity index (χ0n) is 3.80. The molecule has 2 N–H and O–H groups in total. The fraction of sp³-hybridized carbons (Fsp3) is 0. The number of nitrogens with two attached hydrogens (primary N) is 1. The summed E-state index contributed by atoms with van der Waals surface area (Å²) in [5.41, 5.74) is 4.13. The first-order chi connectivity index (χ1) is 2.64. The number of hydrogen-bond donors (Lipinski definition) is 1. The van der Waals surface area contributed by atoms with Crippen LogP contribution in [0.3, 0.4) is 0 Å². The van der Waals surface area contributed by atoms with E-state index in [2.05, 4.69) is 5.73 Å². The molecule has 0 aliphatic heterocycles. The van der Waals surface area contributed by atoms with Crippen LogP contribution < -0.4 is 62.2 Å². The Balaban J connectivity index is 0. The van der Waals surface area contributed by atoms with E-state index >= 15 is 0 Å². The van der Waals surface area contributed by atoms with Crippen molar-refractivity contribution in [3.05, 3.63) is 0 Å². The van der Waals surface area contributed by atoms with Gasteiger partial charge < -0.3 is 15.6 Å². The molecule has 0 saturated heterocycles. The van der Waals surface area contributed by atoms with E-state index < -0.39 is 11.9 Å². The molecular formula is C2H2KNO3. The van der Waals surface area contributed by atoms with E-state index in [-0.39, 0.29) is 51.4 Å². The van der Waals surface area contributed by atoms with Gasteiger partial charge in [-0.25, -0.2) is 0 Å². The second-order valence-corrected chi connectivity index (χ2v) is 0.652. The molecule has 0 aromatic carbocycles. The van der Waals surface area contributed by atoms with Crippen LogP contribution in [-0.2, 0) is 9.59 Å². The van der Waals surface area contributed by atoms with E-state index in [0.717, 1.165) is 0 Å². The average molecular weight is 127 g/mol. The largest absolute Gasteiger partial charge is 1.00 e. The number of carbonyl (C=O) groups is 2. The van der Waals surface area contributed by atoms with Crippen molar-refractivity contribution in [2.24, 2.45) is 5.73 Å². The molecule has 0 aliphatic rings. The fourth-order valence-electron chi connectivity index (χ4n) is 0. The number of rotatable bonds is 0. The molecule has 0 atom stereocenters. The molecule has 0 aromatic rings. The molecule has 0 aromatic heterocycles. The predicted octanol–water partition coefficient (Wildman–Crippen LogP) is -5.77. The van der Waals surface area contributed by atoms with Crippen molar-refractivity contribution in [2.45, 2.75) is 0 Å². The van der Waals surface area contributed by atoms with E-state index in [1.807, 2.05) is 0 Å². The van der Waals surface area contributed by atoms with Gasteiger partial charge in [-0.2, -0.15) is 0 Å². The molecule has 0 bridgehead atoms. The van der Waals surface area contributed by atoms with Gasteiger partial charge in [-0.15, -0.1) is 0 Å². The Kier molecular flexibility index (Phi) is 7.12. The second kappa shape index (κ2) is 4.73. The minimum atomic E-state index is -1.85. The molecule has 0 rings (SSSR count). The number of aliphatic carboxylic acids is 1. The van der Waals surface area contributed by atoms with Crippen LogP contribution >= 0.6 is 0 Å². The normalized spacial score (nSPS) is 6.29. The van der Waals surface area contributed by atoms with Gasteiger partial charge in [-0.05, 0) is 0 Å². The molecule has 0 heterocycles. The Morgan fingerprint density at radius 2 is 1.57 bits per heavy atom. The second-order valence-electron chi connectivity index (χ2n) is 0.652.